The minimum atomic E-state index is -3.97. The minimum absolute atomic E-state index is 0.156. The summed E-state index contributed by atoms with van der Waals surface area (Å²) in [6, 6.07) is 33.9. The van der Waals surface area contributed by atoms with Crippen LogP contribution in [0, 0.1) is 0 Å². The van der Waals surface area contributed by atoms with Crippen molar-refractivity contribution in [2.75, 3.05) is 5.75 Å². The molecule has 0 unspecified atom stereocenters. The molecule has 0 fully saturated rings. The van der Waals surface area contributed by atoms with E-state index in [0.717, 1.165) is 15.9 Å². The number of rotatable bonds is 8. The maximum absolute atomic E-state index is 13.5. The predicted molar refractivity (Wildman–Crippen MR) is 142 cm³/mol. The molecular formula is C26H23Cl2O3PS. The first-order valence-corrected chi connectivity index (χ1v) is 14.7. The Morgan fingerprint density at radius 2 is 1.00 bits per heavy atom. The van der Waals surface area contributed by atoms with Crippen molar-refractivity contribution in [1.29, 1.82) is 0 Å². The van der Waals surface area contributed by atoms with Crippen LogP contribution in [0.1, 0.15) is 5.56 Å². The van der Waals surface area contributed by atoms with Crippen LogP contribution in [0.2, 0.25) is 10.0 Å². The zero-order chi connectivity index (χ0) is 23.3. The van der Waals surface area contributed by atoms with Gasteiger partial charge < -0.3 is 0 Å². The predicted octanol–water partition coefficient (Wildman–Crippen LogP) is 5.52. The van der Waals surface area contributed by atoms with Gasteiger partial charge in [-0.25, -0.2) is 0 Å². The fourth-order valence-corrected chi connectivity index (χ4v) is 10.9. The third-order valence-electron chi connectivity index (χ3n) is 5.46. The molecule has 0 N–H and O–H groups in total. The van der Waals surface area contributed by atoms with E-state index in [1.54, 1.807) is 18.2 Å². The molecule has 0 aliphatic heterocycles. The van der Waals surface area contributed by atoms with Crippen molar-refractivity contribution in [1.82, 2.24) is 0 Å². The molecule has 4 aromatic rings. The van der Waals surface area contributed by atoms with Crippen LogP contribution < -0.4 is 15.9 Å². The van der Waals surface area contributed by atoms with Crippen LogP contribution in [0.4, 0.5) is 0 Å². The first kappa shape index (κ1) is 23.9. The van der Waals surface area contributed by atoms with Crippen molar-refractivity contribution in [2.45, 2.75) is 6.42 Å². The Bertz CT molecular complexity index is 1200. The molecule has 170 valence electrons. The van der Waals surface area contributed by atoms with Gasteiger partial charge in [-0.05, 0) is 0 Å². The molecule has 0 saturated heterocycles. The summed E-state index contributed by atoms with van der Waals surface area (Å²) in [7, 11) is -7.35. The second kappa shape index (κ2) is 10.4. The van der Waals surface area contributed by atoms with Gasteiger partial charge in [0.2, 0.25) is 0 Å². The summed E-state index contributed by atoms with van der Waals surface area (Å²) >= 11 is 12.5. The summed E-state index contributed by atoms with van der Waals surface area (Å²) in [5.41, 5.74) is 0.597. The number of benzene rings is 4. The van der Waals surface area contributed by atoms with E-state index >= 15 is 0 Å². The molecule has 0 heterocycles. The first-order valence-electron chi connectivity index (χ1n) is 10.5. The topological polar surface area (TPSA) is 43.4 Å². The molecule has 4 aromatic carbocycles. The van der Waals surface area contributed by atoms with Crippen molar-refractivity contribution in [3.63, 3.8) is 0 Å². The van der Waals surface area contributed by atoms with Gasteiger partial charge in [0.25, 0.3) is 0 Å². The Morgan fingerprint density at radius 3 is 1.39 bits per heavy atom. The first-order chi connectivity index (χ1) is 15.9. The second-order valence-electron chi connectivity index (χ2n) is 7.57. The molecule has 0 saturated carbocycles. The van der Waals surface area contributed by atoms with E-state index in [-0.39, 0.29) is 12.2 Å². The standard InChI is InChI=1S/C26H23Cl2O3PS/c27-25-17-10-18-26(28)24(25)19-20-33(29,30)31-32(21-11-4-1-5-12-21,22-13-6-2-7-14-22)23-15-8-3-9-16-23/h1-18,32H,19-20H2. The number of hydrogen-bond acceptors (Lipinski definition) is 3. The van der Waals surface area contributed by atoms with E-state index in [1.165, 1.54) is 0 Å². The van der Waals surface area contributed by atoms with Crippen molar-refractivity contribution in [3.8, 4) is 0 Å². The van der Waals surface area contributed by atoms with Crippen molar-refractivity contribution in [2.24, 2.45) is 0 Å². The Labute approximate surface area is 205 Å². The van der Waals surface area contributed by atoms with E-state index in [9.17, 15) is 8.42 Å². The normalized spacial score (nSPS) is 12.4. The van der Waals surface area contributed by atoms with Crippen LogP contribution in [-0.4, -0.2) is 14.2 Å². The Balaban J connectivity index is 1.81. The molecule has 7 heteroatoms. The molecule has 0 aliphatic carbocycles. The molecular weight excluding hydrogens is 494 g/mol. The average molecular weight is 517 g/mol. The third kappa shape index (κ3) is 5.32. The molecule has 0 spiro atoms. The van der Waals surface area contributed by atoms with Crippen LogP contribution in [0.15, 0.2) is 109 Å². The van der Waals surface area contributed by atoms with Gasteiger partial charge in [-0.2, -0.15) is 0 Å². The van der Waals surface area contributed by atoms with Gasteiger partial charge in [0.1, 0.15) is 0 Å². The Hall–Kier alpha value is -2.20. The van der Waals surface area contributed by atoms with E-state index in [1.807, 2.05) is 91.0 Å². The van der Waals surface area contributed by atoms with Crippen LogP contribution >= 0.6 is 30.7 Å². The van der Waals surface area contributed by atoms with Gasteiger partial charge in [-0.3, -0.25) is 0 Å². The summed E-state index contributed by atoms with van der Waals surface area (Å²) in [5, 5.41) is 3.43. The molecule has 0 aliphatic rings. The fourth-order valence-electron chi connectivity index (χ4n) is 3.89. The van der Waals surface area contributed by atoms with Gasteiger partial charge in [0.15, 0.2) is 0 Å². The summed E-state index contributed by atoms with van der Waals surface area (Å²) in [5.74, 6) is -0.238. The molecule has 3 nitrogen and oxygen atoms in total. The van der Waals surface area contributed by atoms with Crippen molar-refractivity contribution < 1.29 is 12.4 Å². The molecule has 0 bridgehead atoms. The van der Waals surface area contributed by atoms with Crippen LogP contribution in [0.25, 0.3) is 0 Å². The van der Waals surface area contributed by atoms with Crippen LogP contribution in [-0.2, 0) is 20.5 Å². The van der Waals surface area contributed by atoms with Crippen molar-refractivity contribution >= 4 is 56.7 Å². The van der Waals surface area contributed by atoms with Gasteiger partial charge in [0.05, 0.1) is 0 Å². The van der Waals surface area contributed by atoms with E-state index < -0.39 is 17.6 Å². The SMILES string of the molecule is O=S(=O)(CCc1c(Cl)cccc1Cl)O[PH](c1ccccc1)(c1ccccc1)c1ccccc1. The van der Waals surface area contributed by atoms with Gasteiger partial charge in [-0.15, -0.1) is 0 Å². The Kier molecular flexibility index (Phi) is 7.53. The van der Waals surface area contributed by atoms with Crippen molar-refractivity contribution in [3.05, 3.63) is 125 Å². The van der Waals surface area contributed by atoms with Gasteiger partial charge >= 0.3 is 206 Å². The molecule has 0 radical (unpaired) electrons. The fraction of sp³-hybridized carbons (Fsp3) is 0.0769. The van der Waals surface area contributed by atoms with Gasteiger partial charge in [-0.1, -0.05) is 0 Å². The maximum atomic E-state index is 13.5. The summed E-state index contributed by atoms with van der Waals surface area (Å²) < 4.78 is 33.3. The summed E-state index contributed by atoms with van der Waals surface area (Å²) in [4.78, 5) is 0. The van der Waals surface area contributed by atoms with Crippen LogP contribution in [0.3, 0.4) is 0 Å². The zero-order valence-corrected chi connectivity index (χ0v) is 21.0. The van der Waals surface area contributed by atoms with E-state index in [0.29, 0.717) is 15.6 Å². The summed E-state index contributed by atoms with van der Waals surface area (Å²) in [6.07, 6.45) is 0.156. The third-order valence-corrected chi connectivity index (χ3v) is 12.3. The zero-order valence-electron chi connectivity index (χ0n) is 17.7. The van der Waals surface area contributed by atoms with E-state index in [4.69, 9.17) is 27.2 Å². The molecule has 4 rings (SSSR count). The molecule has 0 atom stereocenters. The monoisotopic (exact) mass is 516 g/mol. The summed E-state index contributed by atoms with van der Waals surface area (Å²) in [6.45, 7) is 0. The quantitative estimate of drug-likeness (QED) is 0.289. The number of hydrogen-bond donors (Lipinski definition) is 0. The van der Waals surface area contributed by atoms with Gasteiger partial charge in [0, 0.05) is 0 Å². The molecule has 0 aromatic heterocycles. The second-order valence-corrected chi connectivity index (χ2v) is 13.7. The Morgan fingerprint density at radius 1 is 0.606 bits per heavy atom. The number of halogens is 2. The molecule has 0 amide bonds. The average Bonchev–Trinajstić information content (AvgIpc) is 2.84. The van der Waals surface area contributed by atoms with E-state index in [2.05, 4.69) is 0 Å². The van der Waals surface area contributed by atoms with Crippen LogP contribution in [0.5, 0.6) is 0 Å². The molecule has 33 heavy (non-hydrogen) atoms.